The second-order valence-electron chi connectivity index (χ2n) is 14.9. The van der Waals surface area contributed by atoms with Gasteiger partial charge < -0.3 is 4.42 Å². The fraction of sp³-hybridized carbons (Fsp3) is 0. The highest BCUT2D eigenvalue weighted by molar-refractivity contribution is 6.13. The van der Waals surface area contributed by atoms with Gasteiger partial charge in [-0.25, -0.2) is 15.0 Å². The highest BCUT2D eigenvalue weighted by Gasteiger charge is 2.18. The quantitative estimate of drug-likeness (QED) is 0.153. The van der Waals surface area contributed by atoms with E-state index in [1.54, 1.807) is 12.4 Å². The number of para-hydroxylation sites is 2. The SMILES string of the molecule is c1ccc(-c2cccc(-c3nc(-c4ccccc4)nc(-c4ccc(-c5cccc6c5oc5c(-c7cc(-c8cccnc8)cc(-c8cccnc8)c7)cccc56)cc4)n3)c2)cc1. The average molecular weight is 782 g/mol. The number of fused-ring (bicyclic) bond motifs is 3. The topological polar surface area (TPSA) is 77.6 Å². The zero-order chi connectivity index (χ0) is 40.5. The van der Waals surface area contributed by atoms with Gasteiger partial charge in [0.25, 0.3) is 0 Å². The number of rotatable bonds is 8. The van der Waals surface area contributed by atoms with E-state index < -0.39 is 0 Å². The summed E-state index contributed by atoms with van der Waals surface area (Å²) in [5, 5.41) is 2.12. The lowest BCUT2D eigenvalue weighted by Gasteiger charge is -2.11. The van der Waals surface area contributed by atoms with Gasteiger partial charge in [-0.1, -0.05) is 152 Å². The van der Waals surface area contributed by atoms with Crippen molar-refractivity contribution in [2.75, 3.05) is 0 Å². The van der Waals surface area contributed by atoms with Crippen molar-refractivity contribution in [2.24, 2.45) is 0 Å². The Balaban J connectivity index is 0.995. The fourth-order valence-electron chi connectivity index (χ4n) is 8.08. The minimum Gasteiger partial charge on any atom is -0.455 e. The third-order valence-electron chi connectivity index (χ3n) is 11.1. The van der Waals surface area contributed by atoms with Crippen LogP contribution in [0.5, 0.6) is 0 Å². The summed E-state index contributed by atoms with van der Waals surface area (Å²) in [7, 11) is 0. The average Bonchev–Trinajstić information content (AvgIpc) is 3.74. The molecule has 11 rings (SSSR count). The van der Waals surface area contributed by atoms with E-state index in [4.69, 9.17) is 19.4 Å². The molecule has 11 aromatic rings. The van der Waals surface area contributed by atoms with E-state index in [-0.39, 0.29) is 0 Å². The van der Waals surface area contributed by atoms with E-state index in [0.717, 1.165) is 94.3 Å². The maximum absolute atomic E-state index is 6.94. The predicted molar refractivity (Wildman–Crippen MR) is 246 cm³/mol. The van der Waals surface area contributed by atoms with Crippen LogP contribution in [-0.4, -0.2) is 24.9 Å². The molecule has 0 aliphatic rings. The van der Waals surface area contributed by atoms with Crippen molar-refractivity contribution in [2.45, 2.75) is 0 Å². The van der Waals surface area contributed by atoms with Gasteiger partial charge in [-0.15, -0.1) is 0 Å². The smallest absolute Gasteiger partial charge is 0.164 e. The highest BCUT2D eigenvalue weighted by Crippen LogP contribution is 2.42. The van der Waals surface area contributed by atoms with Gasteiger partial charge in [-0.2, -0.15) is 0 Å². The van der Waals surface area contributed by atoms with Gasteiger partial charge in [0.2, 0.25) is 0 Å². The molecule has 0 spiro atoms. The molecule has 6 nitrogen and oxygen atoms in total. The van der Waals surface area contributed by atoms with Crippen molar-refractivity contribution in [3.8, 4) is 89.8 Å². The van der Waals surface area contributed by atoms with Crippen LogP contribution in [-0.2, 0) is 0 Å². The number of benzene rings is 7. The third-order valence-corrected chi connectivity index (χ3v) is 11.1. The van der Waals surface area contributed by atoms with Crippen molar-refractivity contribution in [3.63, 3.8) is 0 Å². The zero-order valence-electron chi connectivity index (χ0n) is 32.9. The summed E-state index contributed by atoms with van der Waals surface area (Å²) >= 11 is 0. The van der Waals surface area contributed by atoms with Crippen LogP contribution < -0.4 is 0 Å². The molecule has 61 heavy (non-hydrogen) atoms. The van der Waals surface area contributed by atoms with Gasteiger partial charge in [0.05, 0.1) is 0 Å². The Morgan fingerprint density at radius 2 is 0.705 bits per heavy atom. The molecule has 0 saturated carbocycles. The van der Waals surface area contributed by atoms with Crippen LogP contribution in [0.1, 0.15) is 0 Å². The standard InChI is InChI=1S/C55H35N5O/c1-3-12-36(13-4-1)40-16-7-17-41(30-40)55-59-53(38-14-5-2-6-15-38)58-54(60-55)39-26-24-37(25-27-39)47-20-8-22-49-50-23-9-21-48(52(50)61-51(47)49)46-32-44(42-18-10-28-56-34-42)31-45(33-46)43-19-11-29-57-35-43/h1-35H. The minimum absolute atomic E-state index is 0.603. The predicted octanol–water partition coefficient (Wildman–Crippen LogP) is 13.9. The molecule has 0 amide bonds. The molecule has 286 valence electrons. The van der Waals surface area contributed by atoms with E-state index >= 15 is 0 Å². The lowest BCUT2D eigenvalue weighted by atomic mass is 9.93. The van der Waals surface area contributed by atoms with E-state index in [1.165, 1.54) is 0 Å². The molecule has 0 atom stereocenters. The van der Waals surface area contributed by atoms with Crippen molar-refractivity contribution < 1.29 is 4.42 Å². The Kier molecular flexibility index (Phi) is 9.06. The largest absolute Gasteiger partial charge is 0.455 e. The lowest BCUT2D eigenvalue weighted by molar-refractivity contribution is 0.671. The van der Waals surface area contributed by atoms with Crippen LogP contribution in [0.3, 0.4) is 0 Å². The Bertz CT molecular complexity index is 3270. The maximum atomic E-state index is 6.94. The monoisotopic (exact) mass is 781 g/mol. The molecule has 4 heterocycles. The number of hydrogen-bond donors (Lipinski definition) is 0. The van der Waals surface area contributed by atoms with Gasteiger partial charge in [-0.3, -0.25) is 9.97 Å². The van der Waals surface area contributed by atoms with Crippen LogP contribution in [0.25, 0.3) is 112 Å². The van der Waals surface area contributed by atoms with Gasteiger partial charge in [0, 0.05) is 74.5 Å². The van der Waals surface area contributed by atoms with Crippen LogP contribution in [0.15, 0.2) is 217 Å². The Hall–Kier alpha value is -8.35. The first kappa shape index (κ1) is 35.8. The summed E-state index contributed by atoms with van der Waals surface area (Å²) < 4.78 is 6.94. The molecular weight excluding hydrogens is 747 g/mol. The third kappa shape index (κ3) is 6.92. The molecule has 0 aliphatic heterocycles. The molecule has 6 heteroatoms. The van der Waals surface area contributed by atoms with Crippen LogP contribution in [0.2, 0.25) is 0 Å². The number of nitrogens with zero attached hydrogens (tertiary/aromatic N) is 5. The first-order valence-electron chi connectivity index (χ1n) is 20.2. The summed E-state index contributed by atoms with van der Waals surface area (Å²) in [5.74, 6) is 1.84. The first-order valence-corrected chi connectivity index (χ1v) is 20.2. The van der Waals surface area contributed by atoms with Crippen molar-refractivity contribution in [3.05, 3.63) is 213 Å². The van der Waals surface area contributed by atoms with Gasteiger partial charge in [0.15, 0.2) is 17.5 Å². The molecule has 4 aromatic heterocycles. The second kappa shape index (κ2) is 15.4. The number of pyridine rings is 2. The number of aromatic nitrogens is 5. The zero-order valence-corrected chi connectivity index (χ0v) is 32.9. The van der Waals surface area contributed by atoms with E-state index in [1.807, 2.05) is 60.9 Å². The summed E-state index contributed by atoms with van der Waals surface area (Å²) in [4.78, 5) is 23.9. The molecular formula is C55H35N5O. The number of hydrogen-bond acceptors (Lipinski definition) is 6. The molecule has 7 aromatic carbocycles. The summed E-state index contributed by atoms with van der Waals surface area (Å²) in [5.41, 5.74) is 15.0. The summed E-state index contributed by atoms with van der Waals surface area (Å²) in [6, 6.07) is 64.7. The molecule has 0 aliphatic carbocycles. The minimum atomic E-state index is 0.603. The lowest BCUT2D eigenvalue weighted by Crippen LogP contribution is -2.00. The van der Waals surface area contributed by atoms with Crippen LogP contribution >= 0.6 is 0 Å². The van der Waals surface area contributed by atoms with Gasteiger partial charge in [0.1, 0.15) is 11.2 Å². The van der Waals surface area contributed by atoms with Crippen molar-refractivity contribution >= 4 is 21.9 Å². The Morgan fingerprint density at radius 1 is 0.279 bits per heavy atom. The highest BCUT2D eigenvalue weighted by atomic mass is 16.3. The fourth-order valence-corrected chi connectivity index (χ4v) is 8.08. The Morgan fingerprint density at radius 3 is 1.28 bits per heavy atom. The van der Waals surface area contributed by atoms with E-state index in [0.29, 0.717) is 17.5 Å². The maximum Gasteiger partial charge on any atom is 0.164 e. The molecule has 0 radical (unpaired) electrons. The van der Waals surface area contributed by atoms with Crippen LogP contribution in [0, 0.1) is 0 Å². The molecule has 0 N–H and O–H groups in total. The first-order chi connectivity index (χ1) is 30.2. The summed E-state index contributed by atoms with van der Waals surface area (Å²) in [6.07, 6.45) is 7.40. The van der Waals surface area contributed by atoms with E-state index in [2.05, 4.69) is 149 Å². The molecule has 0 bridgehead atoms. The normalized spacial score (nSPS) is 11.3. The van der Waals surface area contributed by atoms with E-state index in [9.17, 15) is 0 Å². The van der Waals surface area contributed by atoms with Crippen LogP contribution in [0.4, 0.5) is 0 Å². The Labute approximate surface area is 352 Å². The van der Waals surface area contributed by atoms with Gasteiger partial charge >= 0.3 is 0 Å². The molecule has 0 saturated heterocycles. The van der Waals surface area contributed by atoms with Crippen molar-refractivity contribution in [1.82, 2.24) is 24.9 Å². The van der Waals surface area contributed by atoms with Crippen molar-refractivity contribution in [1.29, 1.82) is 0 Å². The number of furan rings is 1. The summed E-state index contributed by atoms with van der Waals surface area (Å²) in [6.45, 7) is 0. The second-order valence-corrected chi connectivity index (χ2v) is 14.9. The molecule has 0 fully saturated rings. The molecule has 0 unspecified atom stereocenters. The van der Waals surface area contributed by atoms with Gasteiger partial charge in [-0.05, 0) is 69.8 Å².